The van der Waals surface area contributed by atoms with Gasteiger partial charge in [-0.2, -0.15) is 0 Å². The van der Waals surface area contributed by atoms with Crippen molar-refractivity contribution in [3.8, 4) is 0 Å². The van der Waals surface area contributed by atoms with E-state index in [-0.39, 0.29) is 16.8 Å². The number of hydrogen-bond donors (Lipinski definition) is 2. The summed E-state index contributed by atoms with van der Waals surface area (Å²) in [7, 11) is 4.01. The van der Waals surface area contributed by atoms with Gasteiger partial charge in [-0.15, -0.1) is 0 Å². The molecule has 0 saturated carbocycles. The van der Waals surface area contributed by atoms with Gasteiger partial charge < -0.3 is 15.3 Å². The van der Waals surface area contributed by atoms with E-state index in [0.717, 1.165) is 13.0 Å². The summed E-state index contributed by atoms with van der Waals surface area (Å²) in [5.41, 5.74) is -0.121. The number of anilines is 1. The lowest BCUT2D eigenvalue weighted by molar-refractivity contribution is 0.0691. The van der Waals surface area contributed by atoms with E-state index >= 15 is 0 Å². The van der Waals surface area contributed by atoms with E-state index in [0.29, 0.717) is 11.7 Å². The number of pyridine rings is 1. The number of aromatic carboxylic acids is 1. The van der Waals surface area contributed by atoms with Crippen LogP contribution in [0.5, 0.6) is 0 Å². The molecule has 0 saturated heterocycles. The minimum absolute atomic E-state index is 0.121. The van der Waals surface area contributed by atoms with Gasteiger partial charge in [0.1, 0.15) is 5.82 Å². The Hall–Kier alpha value is -1.33. The van der Waals surface area contributed by atoms with Gasteiger partial charge in [-0.3, -0.25) is 0 Å². The molecule has 0 fully saturated rings. The first-order valence-corrected chi connectivity index (χ1v) is 6.98. The van der Waals surface area contributed by atoms with Crippen molar-refractivity contribution in [3.63, 3.8) is 0 Å². The average molecular weight is 300 g/mol. The Labute approximate surface area is 125 Å². The molecule has 0 amide bonds. The summed E-state index contributed by atoms with van der Waals surface area (Å²) in [5.74, 6) is -0.0373. The van der Waals surface area contributed by atoms with Gasteiger partial charge in [0.05, 0.1) is 5.02 Å². The monoisotopic (exact) mass is 299 g/mol. The van der Waals surface area contributed by atoms with E-state index in [1.54, 1.807) is 12.1 Å². The van der Waals surface area contributed by atoms with Gasteiger partial charge in [-0.25, -0.2) is 9.78 Å². The third-order valence-corrected chi connectivity index (χ3v) is 3.05. The topological polar surface area (TPSA) is 65.5 Å². The average Bonchev–Trinajstić information content (AvgIpc) is 2.29. The Kier molecular flexibility index (Phi) is 6.23. The van der Waals surface area contributed by atoms with Crippen molar-refractivity contribution in [2.75, 3.05) is 26.0 Å². The number of hydrogen-bond acceptors (Lipinski definition) is 4. The second-order valence-electron chi connectivity index (χ2n) is 5.57. The van der Waals surface area contributed by atoms with E-state index in [4.69, 9.17) is 16.7 Å². The van der Waals surface area contributed by atoms with Crippen LogP contribution in [0.15, 0.2) is 12.1 Å². The van der Waals surface area contributed by atoms with Crippen LogP contribution in [0.3, 0.4) is 0 Å². The Balaban J connectivity index is 2.87. The molecule has 0 radical (unpaired) electrons. The molecule has 5 nitrogen and oxygen atoms in total. The number of carboxylic acids is 1. The van der Waals surface area contributed by atoms with Gasteiger partial charge in [0.25, 0.3) is 0 Å². The Bertz CT molecular complexity index is 454. The number of rotatable bonds is 7. The fraction of sp³-hybridized carbons (Fsp3) is 0.571. The summed E-state index contributed by atoms with van der Waals surface area (Å²) in [5, 5.41) is 12.5. The molecule has 2 N–H and O–H groups in total. The molecule has 1 aromatic heterocycles. The normalized spacial score (nSPS) is 12.8. The van der Waals surface area contributed by atoms with Crippen molar-refractivity contribution >= 4 is 23.4 Å². The number of carbonyl (C=O) groups is 1. The quantitative estimate of drug-likeness (QED) is 0.810. The van der Waals surface area contributed by atoms with Crippen molar-refractivity contribution in [3.05, 3.63) is 22.8 Å². The van der Waals surface area contributed by atoms with Gasteiger partial charge in [0, 0.05) is 12.6 Å². The first-order chi connectivity index (χ1) is 9.29. The summed E-state index contributed by atoms with van der Waals surface area (Å²) >= 11 is 5.82. The van der Waals surface area contributed by atoms with Crippen LogP contribution in [0, 0.1) is 5.92 Å². The summed E-state index contributed by atoms with van der Waals surface area (Å²) in [4.78, 5) is 17.2. The molecule has 20 heavy (non-hydrogen) atoms. The van der Waals surface area contributed by atoms with Gasteiger partial charge in [-0.1, -0.05) is 25.4 Å². The molecule has 1 heterocycles. The van der Waals surface area contributed by atoms with E-state index in [1.807, 2.05) is 14.1 Å². The molecule has 0 bridgehead atoms. The molecule has 6 heteroatoms. The van der Waals surface area contributed by atoms with Crippen LogP contribution in [0.1, 0.15) is 30.8 Å². The molecular weight excluding hydrogens is 278 g/mol. The number of likely N-dealkylation sites (N-methyl/N-ethyl adjacent to an activating group) is 1. The number of nitrogens with one attached hydrogen (secondary N) is 1. The van der Waals surface area contributed by atoms with Crippen LogP contribution in [-0.4, -0.2) is 47.6 Å². The number of halogens is 1. The standard InChI is InChI=1S/C14H22ClN3O2/c1-9(2)7-10(8-18(3)4)16-12-6-5-11(15)13(17-12)14(19)20/h5-6,9-10H,7-8H2,1-4H3,(H,16,17)(H,19,20). The predicted molar refractivity (Wildman–Crippen MR) is 81.6 cm³/mol. The van der Waals surface area contributed by atoms with Crippen molar-refractivity contribution < 1.29 is 9.90 Å². The lowest BCUT2D eigenvalue weighted by Crippen LogP contribution is -2.33. The fourth-order valence-corrected chi connectivity index (χ4v) is 2.26. The maximum atomic E-state index is 11.0. The van der Waals surface area contributed by atoms with Crippen LogP contribution in [0.25, 0.3) is 0 Å². The Morgan fingerprint density at radius 3 is 2.60 bits per heavy atom. The first-order valence-electron chi connectivity index (χ1n) is 6.60. The highest BCUT2D eigenvalue weighted by Crippen LogP contribution is 2.18. The second-order valence-corrected chi connectivity index (χ2v) is 5.97. The largest absolute Gasteiger partial charge is 0.476 e. The molecule has 1 unspecified atom stereocenters. The fourth-order valence-electron chi connectivity index (χ4n) is 2.07. The van der Waals surface area contributed by atoms with E-state index in [2.05, 4.69) is 29.0 Å². The van der Waals surface area contributed by atoms with Crippen LogP contribution in [0.4, 0.5) is 5.82 Å². The van der Waals surface area contributed by atoms with Crippen molar-refractivity contribution in [2.45, 2.75) is 26.3 Å². The van der Waals surface area contributed by atoms with Gasteiger partial charge in [0.2, 0.25) is 0 Å². The first kappa shape index (κ1) is 16.7. The smallest absolute Gasteiger partial charge is 0.356 e. The number of aromatic nitrogens is 1. The Morgan fingerprint density at radius 2 is 2.10 bits per heavy atom. The highest BCUT2D eigenvalue weighted by molar-refractivity contribution is 6.33. The van der Waals surface area contributed by atoms with Crippen LogP contribution < -0.4 is 5.32 Å². The molecule has 0 aliphatic carbocycles. The van der Waals surface area contributed by atoms with E-state index < -0.39 is 5.97 Å². The minimum Gasteiger partial charge on any atom is -0.476 e. The SMILES string of the molecule is CC(C)CC(CN(C)C)Nc1ccc(Cl)c(C(=O)O)n1. The minimum atomic E-state index is -1.12. The summed E-state index contributed by atoms with van der Waals surface area (Å²) < 4.78 is 0. The number of nitrogens with zero attached hydrogens (tertiary/aromatic N) is 2. The Morgan fingerprint density at radius 1 is 1.45 bits per heavy atom. The highest BCUT2D eigenvalue weighted by atomic mass is 35.5. The maximum Gasteiger partial charge on any atom is 0.356 e. The van der Waals surface area contributed by atoms with Gasteiger partial charge in [-0.05, 0) is 38.6 Å². The second kappa shape index (κ2) is 7.45. The van der Waals surface area contributed by atoms with Crippen LogP contribution in [-0.2, 0) is 0 Å². The molecule has 0 aliphatic heterocycles. The van der Waals surface area contributed by atoms with E-state index in [1.165, 1.54) is 0 Å². The molecular formula is C14H22ClN3O2. The lowest BCUT2D eigenvalue weighted by atomic mass is 10.0. The van der Waals surface area contributed by atoms with Crippen molar-refractivity contribution in [1.82, 2.24) is 9.88 Å². The zero-order valence-corrected chi connectivity index (χ0v) is 13.1. The molecule has 1 atom stereocenters. The summed E-state index contributed by atoms with van der Waals surface area (Å²) in [6.07, 6.45) is 0.977. The molecule has 0 aliphatic rings. The van der Waals surface area contributed by atoms with Gasteiger partial charge in [0.15, 0.2) is 5.69 Å². The van der Waals surface area contributed by atoms with E-state index in [9.17, 15) is 4.79 Å². The zero-order chi connectivity index (χ0) is 15.3. The number of carboxylic acid groups (broad SMARTS) is 1. The van der Waals surface area contributed by atoms with Gasteiger partial charge >= 0.3 is 5.97 Å². The summed E-state index contributed by atoms with van der Waals surface area (Å²) in [6.45, 7) is 5.16. The third-order valence-electron chi connectivity index (χ3n) is 2.74. The van der Waals surface area contributed by atoms with Crippen LogP contribution >= 0.6 is 11.6 Å². The summed E-state index contributed by atoms with van der Waals surface area (Å²) in [6, 6.07) is 3.47. The molecule has 0 spiro atoms. The maximum absolute atomic E-state index is 11.0. The predicted octanol–water partition coefficient (Wildman–Crippen LogP) is 2.82. The molecule has 0 aromatic carbocycles. The van der Waals surface area contributed by atoms with Crippen molar-refractivity contribution in [2.24, 2.45) is 5.92 Å². The molecule has 1 rings (SSSR count). The molecule has 112 valence electrons. The third kappa shape index (κ3) is 5.35. The highest BCUT2D eigenvalue weighted by Gasteiger charge is 2.15. The van der Waals surface area contributed by atoms with Crippen LogP contribution in [0.2, 0.25) is 5.02 Å². The lowest BCUT2D eigenvalue weighted by Gasteiger charge is -2.24. The zero-order valence-electron chi connectivity index (χ0n) is 12.4. The van der Waals surface area contributed by atoms with Crippen molar-refractivity contribution in [1.29, 1.82) is 0 Å². The molecule has 1 aromatic rings.